The molecule has 1 aliphatic carbocycles. The van der Waals surface area contributed by atoms with E-state index in [1.165, 1.54) is 0 Å². The second kappa shape index (κ2) is 8.17. The molecule has 0 atom stereocenters. The molecule has 0 unspecified atom stereocenters. The van der Waals surface area contributed by atoms with Gasteiger partial charge in [0.2, 0.25) is 0 Å². The Morgan fingerprint density at radius 3 is 1.61 bits per heavy atom. The molecule has 0 saturated carbocycles. The second-order valence-electron chi connectivity index (χ2n) is 6.27. The van der Waals surface area contributed by atoms with E-state index in [1.807, 2.05) is 0 Å². The first-order valence-electron chi connectivity index (χ1n) is 8.39. The molecule has 160 valence electrons. The highest BCUT2D eigenvalue weighted by atomic mass is 16.6. The summed E-state index contributed by atoms with van der Waals surface area (Å²) < 4.78 is 0. The molecule has 0 saturated heterocycles. The van der Waals surface area contributed by atoms with Gasteiger partial charge < -0.3 is 4.79 Å². The standard InChI is InChI=1S/C16H11N5O10/c22-1-2-31-17-7-12-10-3-8(18(23)24)5-13(20(27)28)15(10)16-11(12)4-9(19(25)26)6-14(16)21(29)30/h1,3-6,12,17H,2,7H2. The molecule has 0 amide bonds. The summed E-state index contributed by atoms with van der Waals surface area (Å²) >= 11 is 0. The summed E-state index contributed by atoms with van der Waals surface area (Å²) in [6.45, 7) is -0.596. The van der Waals surface area contributed by atoms with Crippen molar-refractivity contribution in [2.24, 2.45) is 0 Å². The fraction of sp³-hybridized carbons (Fsp3) is 0.188. The SMILES string of the molecule is O=CCONCC1c2cc([N+](=O)[O-])cc([N+](=O)[O-])c2-c2c1cc([N+](=O)[O-])cc2[N+](=O)[O-]. The molecule has 1 N–H and O–H groups in total. The molecule has 0 aliphatic heterocycles. The number of carbonyl (C=O) groups excluding carboxylic acids is 1. The second-order valence-corrected chi connectivity index (χ2v) is 6.27. The molecular weight excluding hydrogens is 422 g/mol. The topological polar surface area (TPSA) is 211 Å². The van der Waals surface area contributed by atoms with Crippen LogP contribution in [0.25, 0.3) is 11.1 Å². The summed E-state index contributed by atoms with van der Waals surface area (Å²) in [5, 5.41) is 45.8. The van der Waals surface area contributed by atoms with Crippen LogP contribution in [-0.4, -0.2) is 39.1 Å². The number of nitro groups is 4. The van der Waals surface area contributed by atoms with Gasteiger partial charge in [-0.05, 0) is 11.1 Å². The van der Waals surface area contributed by atoms with Crippen LogP contribution in [0.1, 0.15) is 17.0 Å². The van der Waals surface area contributed by atoms with Crippen molar-refractivity contribution in [2.75, 3.05) is 13.2 Å². The van der Waals surface area contributed by atoms with Crippen LogP contribution in [0.4, 0.5) is 22.7 Å². The van der Waals surface area contributed by atoms with Crippen molar-refractivity contribution in [1.29, 1.82) is 0 Å². The van der Waals surface area contributed by atoms with Gasteiger partial charge in [0.05, 0.1) is 43.0 Å². The van der Waals surface area contributed by atoms with Crippen LogP contribution in [0.3, 0.4) is 0 Å². The molecule has 15 heteroatoms. The minimum Gasteiger partial charge on any atom is -0.301 e. The van der Waals surface area contributed by atoms with Crippen LogP contribution < -0.4 is 5.48 Å². The first kappa shape index (κ1) is 21.3. The van der Waals surface area contributed by atoms with Crippen molar-refractivity contribution >= 4 is 29.0 Å². The number of carbonyl (C=O) groups is 1. The van der Waals surface area contributed by atoms with E-state index >= 15 is 0 Å². The molecule has 0 aromatic heterocycles. The fourth-order valence-corrected chi connectivity index (χ4v) is 3.48. The van der Waals surface area contributed by atoms with Crippen molar-refractivity contribution in [3.63, 3.8) is 0 Å². The molecule has 2 aromatic carbocycles. The van der Waals surface area contributed by atoms with E-state index in [1.54, 1.807) is 0 Å². The van der Waals surface area contributed by atoms with Crippen molar-refractivity contribution in [2.45, 2.75) is 5.92 Å². The summed E-state index contributed by atoms with van der Waals surface area (Å²) in [6.07, 6.45) is 0.426. The molecular formula is C16H11N5O10. The molecule has 0 fully saturated rings. The summed E-state index contributed by atoms with van der Waals surface area (Å²) in [6, 6.07) is 3.38. The van der Waals surface area contributed by atoms with Gasteiger partial charge in [-0.3, -0.25) is 45.3 Å². The zero-order valence-electron chi connectivity index (χ0n) is 15.2. The third-order valence-electron chi connectivity index (χ3n) is 4.62. The number of benzene rings is 2. The zero-order valence-corrected chi connectivity index (χ0v) is 15.2. The van der Waals surface area contributed by atoms with Gasteiger partial charge in [0.25, 0.3) is 22.7 Å². The van der Waals surface area contributed by atoms with Gasteiger partial charge in [-0.25, -0.2) is 5.48 Å². The average molecular weight is 433 g/mol. The van der Waals surface area contributed by atoms with Crippen LogP contribution in [0.15, 0.2) is 24.3 Å². The number of fused-ring (bicyclic) bond motifs is 3. The monoisotopic (exact) mass is 433 g/mol. The minimum absolute atomic E-state index is 0.0123. The van der Waals surface area contributed by atoms with Crippen molar-refractivity contribution in [1.82, 2.24) is 5.48 Å². The molecule has 3 rings (SSSR count). The quantitative estimate of drug-likeness (QED) is 0.262. The molecule has 15 nitrogen and oxygen atoms in total. The predicted molar refractivity (Wildman–Crippen MR) is 100 cm³/mol. The molecule has 2 aromatic rings. The molecule has 0 radical (unpaired) electrons. The van der Waals surface area contributed by atoms with Crippen LogP contribution in [0.2, 0.25) is 0 Å². The number of nitro benzene ring substituents is 4. The van der Waals surface area contributed by atoms with Gasteiger partial charge in [0.15, 0.2) is 0 Å². The number of hydrogen-bond acceptors (Lipinski definition) is 11. The summed E-state index contributed by atoms with van der Waals surface area (Å²) in [5.74, 6) is -1.01. The maximum atomic E-state index is 11.6. The van der Waals surface area contributed by atoms with E-state index < -0.39 is 48.4 Å². The van der Waals surface area contributed by atoms with E-state index in [9.17, 15) is 45.3 Å². The fourth-order valence-electron chi connectivity index (χ4n) is 3.48. The highest BCUT2D eigenvalue weighted by molar-refractivity contribution is 5.93. The van der Waals surface area contributed by atoms with Crippen LogP contribution >= 0.6 is 0 Å². The molecule has 0 bridgehead atoms. The Balaban J connectivity index is 2.35. The number of non-ortho nitro benzene ring substituents is 2. The van der Waals surface area contributed by atoms with E-state index in [4.69, 9.17) is 4.84 Å². The van der Waals surface area contributed by atoms with Crippen LogP contribution in [0, 0.1) is 40.5 Å². The highest BCUT2D eigenvalue weighted by Crippen LogP contribution is 2.54. The number of nitrogens with one attached hydrogen (secondary N) is 1. The third-order valence-corrected chi connectivity index (χ3v) is 4.62. The maximum absolute atomic E-state index is 11.6. The highest BCUT2D eigenvalue weighted by Gasteiger charge is 2.42. The van der Waals surface area contributed by atoms with E-state index in [0.717, 1.165) is 12.1 Å². The lowest BCUT2D eigenvalue weighted by atomic mass is 9.96. The van der Waals surface area contributed by atoms with Gasteiger partial charge in [0, 0.05) is 24.6 Å². The van der Waals surface area contributed by atoms with E-state index in [0.29, 0.717) is 18.4 Å². The largest absolute Gasteiger partial charge is 0.301 e. The van der Waals surface area contributed by atoms with Crippen molar-refractivity contribution in [3.05, 3.63) is 75.8 Å². The number of hydroxylamine groups is 1. The van der Waals surface area contributed by atoms with Gasteiger partial charge in [-0.2, -0.15) is 0 Å². The Labute approximate surface area is 170 Å². The lowest BCUT2D eigenvalue weighted by Gasteiger charge is -2.13. The Hall–Kier alpha value is -4.37. The maximum Gasteiger partial charge on any atom is 0.284 e. The smallest absolute Gasteiger partial charge is 0.284 e. The van der Waals surface area contributed by atoms with Crippen LogP contribution in [-0.2, 0) is 9.63 Å². The van der Waals surface area contributed by atoms with Gasteiger partial charge in [-0.1, -0.05) is 0 Å². The summed E-state index contributed by atoms with van der Waals surface area (Å²) in [7, 11) is 0. The lowest BCUT2D eigenvalue weighted by Crippen LogP contribution is -2.22. The predicted octanol–water partition coefficient (Wildman–Crippen LogP) is 2.15. The van der Waals surface area contributed by atoms with Gasteiger partial charge in [0.1, 0.15) is 12.9 Å². The lowest BCUT2D eigenvalue weighted by molar-refractivity contribution is -0.395. The number of aldehydes is 1. The van der Waals surface area contributed by atoms with Crippen molar-refractivity contribution < 1.29 is 29.3 Å². The molecule has 0 heterocycles. The number of rotatable bonds is 9. The zero-order chi connectivity index (χ0) is 22.9. The first-order valence-corrected chi connectivity index (χ1v) is 8.39. The number of nitrogens with zero attached hydrogens (tertiary/aromatic N) is 4. The average Bonchev–Trinajstić information content (AvgIpc) is 3.03. The Morgan fingerprint density at radius 2 is 1.26 bits per heavy atom. The Morgan fingerprint density at radius 1 is 0.806 bits per heavy atom. The van der Waals surface area contributed by atoms with Crippen molar-refractivity contribution in [3.8, 4) is 11.1 Å². The Bertz CT molecular complexity index is 1070. The molecule has 31 heavy (non-hydrogen) atoms. The summed E-state index contributed by atoms with van der Waals surface area (Å²) in [5.41, 5.74) is -0.876. The first-order chi connectivity index (χ1) is 14.7. The van der Waals surface area contributed by atoms with Crippen LogP contribution in [0.5, 0.6) is 0 Å². The summed E-state index contributed by atoms with van der Waals surface area (Å²) in [4.78, 5) is 57.5. The normalized spacial score (nSPS) is 12.1. The number of hydrogen-bond donors (Lipinski definition) is 1. The molecule has 1 aliphatic rings. The molecule has 0 spiro atoms. The van der Waals surface area contributed by atoms with Gasteiger partial charge >= 0.3 is 0 Å². The van der Waals surface area contributed by atoms with E-state index in [2.05, 4.69) is 5.48 Å². The minimum atomic E-state index is -1.01. The van der Waals surface area contributed by atoms with E-state index in [-0.39, 0.29) is 35.4 Å². The van der Waals surface area contributed by atoms with Gasteiger partial charge in [-0.15, -0.1) is 0 Å². The Kier molecular flexibility index (Phi) is 5.62. The third kappa shape index (κ3) is 3.77.